The van der Waals surface area contributed by atoms with E-state index in [0.29, 0.717) is 5.75 Å². The molecule has 0 atom stereocenters. The molecule has 0 amide bonds. The summed E-state index contributed by atoms with van der Waals surface area (Å²) < 4.78 is 5.37. The molecule has 1 heterocycles. The van der Waals surface area contributed by atoms with Crippen LogP contribution in [0.5, 0.6) is 5.75 Å². The first kappa shape index (κ1) is 23.0. The van der Waals surface area contributed by atoms with Gasteiger partial charge in [0, 0.05) is 22.7 Å². The Labute approximate surface area is 189 Å². The lowest BCUT2D eigenvalue weighted by molar-refractivity contribution is -0.129. The van der Waals surface area contributed by atoms with Crippen LogP contribution in [0.25, 0.3) is 21.7 Å². The number of thiazole rings is 1. The molecule has 0 unspecified atom stereocenters. The van der Waals surface area contributed by atoms with E-state index in [-0.39, 0.29) is 5.97 Å². The van der Waals surface area contributed by atoms with Crippen LogP contribution in [-0.2, 0) is 11.2 Å². The zero-order chi connectivity index (χ0) is 21.9. The Morgan fingerprint density at radius 2 is 1.55 bits per heavy atom. The summed E-state index contributed by atoms with van der Waals surface area (Å²) in [5.41, 5.74) is 3.36. The number of aromatic nitrogens is 1. The Balaban J connectivity index is 1.58. The van der Waals surface area contributed by atoms with Crippen molar-refractivity contribution in [2.45, 2.75) is 58.8 Å². The number of ether oxygens (including phenoxy) is 1. The molecule has 0 aliphatic carbocycles. The van der Waals surface area contributed by atoms with Crippen molar-refractivity contribution < 1.29 is 9.53 Å². The van der Waals surface area contributed by atoms with Crippen LogP contribution >= 0.6 is 11.3 Å². The molecular formula is C27H31NO2S. The van der Waals surface area contributed by atoms with Gasteiger partial charge in [0.2, 0.25) is 0 Å². The first-order valence-corrected chi connectivity index (χ1v) is 12.0. The Bertz CT molecular complexity index is 971. The Hall–Kier alpha value is -2.72. The van der Waals surface area contributed by atoms with Gasteiger partial charge < -0.3 is 4.74 Å². The van der Waals surface area contributed by atoms with Crippen LogP contribution < -0.4 is 4.74 Å². The maximum Gasteiger partial charge on any atom is 0.335 e. The Morgan fingerprint density at radius 3 is 2.23 bits per heavy atom. The van der Waals surface area contributed by atoms with E-state index in [2.05, 4.69) is 43.1 Å². The molecule has 0 aliphatic heterocycles. The number of benzene rings is 2. The fourth-order valence-corrected chi connectivity index (χ4v) is 4.24. The van der Waals surface area contributed by atoms with E-state index in [0.717, 1.165) is 47.4 Å². The van der Waals surface area contributed by atoms with Crippen LogP contribution in [0.2, 0.25) is 0 Å². The third-order valence-electron chi connectivity index (χ3n) is 5.10. The van der Waals surface area contributed by atoms with Crippen molar-refractivity contribution in [3.8, 4) is 27.4 Å². The lowest BCUT2D eigenvalue weighted by Crippen LogP contribution is -2.03. The van der Waals surface area contributed by atoms with Gasteiger partial charge >= 0.3 is 5.97 Å². The first-order valence-electron chi connectivity index (χ1n) is 11.2. The quantitative estimate of drug-likeness (QED) is 0.134. The smallest absolute Gasteiger partial charge is 0.335 e. The third-order valence-corrected chi connectivity index (χ3v) is 6.20. The summed E-state index contributed by atoms with van der Waals surface area (Å²) in [5, 5.41) is 1.08. The number of aryl methyl sites for hydroxylation is 1. The molecule has 3 aromatic rings. The molecule has 0 bridgehead atoms. The number of hydrogen-bond donors (Lipinski definition) is 0. The summed E-state index contributed by atoms with van der Waals surface area (Å²) in [6.07, 6.45) is 13.4. The summed E-state index contributed by atoms with van der Waals surface area (Å²) in [4.78, 5) is 17.8. The van der Waals surface area contributed by atoms with E-state index in [1.807, 2.05) is 36.5 Å². The molecule has 0 N–H and O–H groups in total. The topological polar surface area (TPSA) is 39.2 Å². The monoisotopic (exact) mass is 433 g/mol. The number of unbranched alkanes of at least 4 members (excludes halogenated alkanes) is 4. The average Bonchev–Trinajstić information content (AvgIpc) is 3.27. The minimum atomic E-state index is -0.328. The summed E-state index contributed by atoms with van der Waals surface area (Å²) in [6, 6.07) is 16.1. The Kier molecular flexibility index (Phi) is 9.04. The highest BCUT2D eigenvalue weighted by Crippen LogP contribution is 2.29. The van der Waals surface area contributed by atoms with Crippen LogP contribution in [0.1, 0.15) is 57.2 Å². The van der Waals surface area contributed by atoms with Gasteiger partial charge in [0.05, 0.1) is 0 Å². The lowest BCUT2D eigenvalue weighted by Gasteiger charge is -2.05. The highest BCUT2D eigenvalue weighted by Gasteiger charge is 2.06. The lowest BCUT2D eigenvalue weighted by atomic mass is 10.0. The van der Waals surface area contributed by atoms with E-state index < -0.39 is 0 Å². The predicted octanol–water partition coefficient (Wildman–Crippen LogP) is 7.86. The molecule has 0 radical (unpaired) electrons. The Morgan fingerprint density at radius 1 is 0.903 bits per heavy atom. The summed E-state index contributed by atoms with van der Waals surface area (Å²) in [7, 11) is 0. The third kappa shape index (κ3) is 7.18. The van der Waals surface area contributed by atoms with E-state index in [1.165, 1.54) is 30.2 Å². The van der Waals surface area contributed by atoms with Crippen LogP contribution in [-0.4, -0.2) is 11.0 Å². The molecule has 2 aromatic carbocycles. The molecule has 31 heavy (non-hydrogen) atoms. The molecule has 3 nitrogen and oxygen atoms in total. The molecule has 0 spiro atoms. The van der Waals surface area contributed by atoms with Gasteiger partial charge in [-0.15, -0.1) is 11.3 Å². The van der Waals surface area contributed by atoms with Crippen molar-refractivity contribution in [1.29, 1.82) is 0 Å². The number of nitrogens with zero attached hydrogens (tertiary/aromatic N) is 1. The van der Waals surface area contributed by atoms with Crippen molar-refractivity contribution in [3.05, 3.63) is 71.8 Å². The van der Waals surface area contributed by atoms with E-state index in [9.17, 15) is 4.79 Å². The second kappa shape index (κ2) is 12.2. The first-order chi connectivity index (χ1) is 15.2. The SMILES string of the molecule is CCCC/C=C/C(=O)Oc1ccc(-c2ccc(-c3ncc(CCCCC)s3)cc2)cc1. The maximum absolute atomic E-state index is 11.9. The summed E-state index contributed by atoms with van der Waals surface area (Å²) in [5.74, 6) is 0.231. The van der Waals surface area contributed by atoms with E-state index in [1.54, 1.807) is 11.3 Å². The predicted molar refractivity (Wildman–Crippen MR) is 131 cm³/mol. The van der Waals surface area contributed by atoms with Crippen molar-refractivity contribution in [3.63, 3.8) is 0 Å². The molecule has 0 saturated carbocycles. The van der Waals surface area contributed by atoms with Gasteiger partial charge in [0.15, 0.2) is 0 Å². The normalized spacial score (nSPS) is 11.2. The fourth-order valence-electron chi connectivity index (χ4n) is 3.28. The molecule has 1 aromatic heterocycles. The number of hydrogen-bond acceptors (Lipinski definition) is 4. The summed E-state index contributed by atoms with van der Waals surface area (Å²) >= 11 is 1.79. The molecule has 0 fully saturated rings. The van der Waals surface area contributed by atoms with E-state index >= 15 is 0 Å². The number of carbonyl (C=O) groups excluding carboxylic acids is 1. The molecule has 0 saturated heterocycles. The molecule has 3 rings (SSSR count). The van der Waals surface area contributed by atoms with Gasteiger partial charge in [-0.05, 0) is 42.5 Å². The van der Waals surface area contributed by atoms with Gasteiger partial charge in [-0.2, -0.15) is 0 Å². The molecule has 0 aliphatic rings. The average molecular weight is 434 g/mol. The highest BCUT2D eigenvalue weighted by molar-refractivity contribution is 7.15. The van der Waals surface area contributed by atoms with Gasteiger partial charge in [-0.25, -0.2) is 9.78 Å². The van der Waals surface area contributed by atoms with Crippen molar-refractivity contribution in [1.82, 2.24) is 4.98 Å². The number of allylic oxidation sites excluding steroid dienone is 1. The van der Waals surface area contributed by atoms with Crippen LogP contribution in [0.4, 0.5) is 0 Å². The largest absolute Gasteiger partial charge is 0.423 e. The van der Waals surface area contributed by atoms with Crippen LogP contribution in [0, 0.1) is 0 Å². The molecule has 162 valence electrons. The fraction of sp³-hybridized carbons (Fsp3) is 0.333. The standard InChI is InChI=1S/C27H31NO2S/c1-3-5-7-9-11-26(29)30-24-18-16-22(17-19-24)21-12-14-23(15-13-21)27-28-20-25(31-27)10-8-6-4-2/h9,11-20H,3-8,10H2,1-2H3/b11-9+. The maximum atomic E-state index is 11.9. The number of carbonyl (C=O) groups is 1. The van der Waals surface area contributed by atoms with Crippen LogP contribution in [0.15, 0.2) is 66.9 Å². The minimum Gasteiger partial charge on any atom is -0.423 e. The van der Waals surface area contributed by atoms with Gasteiger partial charge in [-0.1, -0.05) is 82.0 Å². The van der Waals surface area contributed by atoms with Crippen LogP contribution in [0.3, 0.4) is 0 Å². The molecular weight excluding hydrogens is 402 g/mol. The van der Waals surface area contributed by atoms with Gasteiger partial charge in [-0.3, -0.25) is 0 Å². The number of rotatable bonds is 11. The highest BCUT2D eigenvalue weighted by atomic mass is 32.1. The van der Waals surface area contributed by atoms with Crippen molar-refractivity contribution in [2.24, 2.45) is 0 Å². The minimum absolute atomic E-state index is 0.328. The zero-order valence-electron chi connectivity index (χ0n) is 18.5. The summed E-state index contributed by atoms with van der Waals surface area (Å²) in [6.45, 7) is 4.36. The van der Waals surface area contributed by atoms with Crippen molar-refractivity contribution >= 4 is 17.3 Å². The second-order valence-electron chi connectivity index (χ2n) is 7.66. The second-order valence-corrected chi connectivity index (χ2v) is 8.77. The molecule has 4 heteroatoms. The van der Waals surface area contributed by atoms with Crippen molar-refractivity contribution in [2.75, 3.05) is 0 Å². The number of esters is 1. The van der Waals surface area contributed by atoms with E-state index in [4.69, 9.17) is 4.74 Å². The zero-order valence-corrected chi connectivity index (χ0v) is 19.3. The van der Waals surface area contributed by atoms with Gasteiger partial charge in [0.25, 0.3) is 0 Å². The van der Waals surface area contributed by atoms with Gasteiger partial charge in [0.1, 0.15) is 10.8 Å².